The fourth-order valence-electron chi connectivity index (χ4n) is 2.89. The SMILES string of the molecule is Cc1ccc(-c2nc3nccc(-c4ccc5c(c4)OCO5)n3n2)cc1. The molecule has 0 fully saturated rings. The third-order valence-electron chi connectivity index (χ3n) is 4.22. The van der Waals surface area contributed by atoms with Crippen molar-refractivity contribution in [2.75, 3.05) is 6.79 Å². The van der Waals surface area contributed by atoms with Crippen LogP contribution in [0.2, 0.25) is 0 Å². The van der Waals surface area contributed by atoms with Crippen molar-refractivity contribution in [3.05, 3.63) is 60.3 Å². The first-order chi connectivity index (χ1) is 12.3. The molecule has 1 aliphatic rings. The third-order valence-corrected chi connectivity index (χ3v) is 4.22. The van der Waals surface area contributed by atoms with Crippen molar-refractivity contribution in [3.63, 3.8) is 0 Å². The van der Waals surface area contributed by atoms with E-state index >= 15 is 0 Å². The van der Waals surface area contributed by atoms with E-state index < -0.39 is 0 Å². The van der Waals surface area contributed by atoms with E-state index in [2.05, 4.69) is 22.0 Å². The number of fused-ring (bicyclic) bond motifs is 2. The van der Waals surface area contributed by atoms with Crippen LogP contribution in [-0.2, 0) is 0 Å². The van der Waals surface area contributed by atoms with Gasteiger partial charge in [0.2, 0.25) is 6.79 Å². The minimum atomic E-state index is 0.255. The van der Waals surface area contributed by atoms with Gasteiger partial charge >= 0.3 is 0 Å². The van der Waals surface area contributed by atoms with E-state index in [0.717, 1.165) is 28.3 Å². The molecule has 25 heavy (non-hydrogen) atoms. The summed E-state index contributed by atoms with van der Waals surface area (Å²) in [7, 11) is 0. The number of nitrogens with zero attached hydrogens (tertiary/aromatic N) is 4. The van der Waals surface area contributed by atoms with Gasteiger partial charge in [0.25, 0.3) is 5.78 Å². The molecule has 0 radical (unpaired) electrons. The summed E-state index contributed by atoms with van der Waals surface area (Å²) < 4.78 is 12.6. The molecular weight excluding hydrogens is 316 g/mol. The second-order valence-electron chi connectivity index (χ2n) is 5.91. The highest BCUT2D eigenvalue weighted by Gasteiger charge is 2.16. The predicted molar refractivity (Wildman–Crippen MR) is 92.5 cm³/mol. The molecule has 0 atom stereocenters. The van der Waals surface area contributed by atoms with E-state index in [1.807, 2.05) is 48.5 Å². The van der Waals surface area contributed by atoms with Gasteiger partial charge in [0.05, 0.1) is 5.69 Å². The Bertz CT molecular complexity index is 1090. The molecule has 4 aromatic rings. The Hall–Kier alpha value is -3.41. The molecule has 0 aliphatic carbocycles. The Kier molecular flexibility index (Phi) is 2.97. The molecule has 3 heterocycles. The molecule has 2 aromatic carbocycles. The van der Waals surface area contributed by atoms with E-state index in [9.17, 15) is 0 Å². The first-order valence-corrected chi connectivity index (χ1v) is 7.97. The van der Waals surface area contributed by atoms with Gasteiger partial charge < -0.3 is 9.47 Å². The summed E-state index contributed by atoms with van der Waals surface area (Å²) in [6.07, 6.45) is 1.74. The predicted octanol–water partition coefficient (Wildman–Crippen LogP) is 3.50. The van der Waals surface area contributed by atoms with Crippen LogP contribution in [0.1, 0.15) is 5.56 Å². The van der Waals surface area contributed by atoms with Crippen LogP contribution in [0.4, 0.5) is 0 Å². The molecule has 122 valence electrons. The highest BCUT2D eigenvalue weighted by Crippen LogP contribution is 2.35. The van der Waals surface area contributed by atoms with Gasteiger partial charge in [0.15, 0.2) is 17.3 Å². The van der Waals surface area contributed by atoms with Crippen molar-refractivity contribution in [2.45, 2.75) is 6.92 Å². The molecule has 0 amide bonds. The summed E-state index contributed by atoms with van der Waals surface area (Å²) in [5.41, 5.74) is 4.03. The molecule has 6 heteroatoms. The second-order valence-corrected chi connectivity index (χ2v) is 5.91. The van der Waals surface area contributed by atoms with Gasteiger partial charge in [-0.25, -0.2) is 4.98 Å². The van der Waals surface area contributed by atoms with Crippen LogP contribution < -0.4 is 9.47 Å². The number of rotatable bonds is 2. The van der Waals surface area contributed by atoms with Crippen LogP contribution in [0.3, 0.4) is 0 Å². The average molecular weight is 330 g/mol. The summed E-state index contributed by atoms with van der Waals surface area (Å²) in [4.78, 5) is 8.89. The topological polar surface area (TPSA) is 61.5 Å². The maximum Gasteiger partial charge on any atom is 0.253 e. The van der Waals surface area contributed by atoms with Crippen molar-refractivity contribution in [3.8, 4) is 34.1 Å². The van der Waals surface area contributed by atoms with Gasteiger partial charge in [-0.1, -0.05) is 29.8 Å². The van der Waals surface area contributed by atoms with Crippen LogP contribution in [0.5, 0.6) is 11.5 Å². The Balaban J connectivity index is 1.65. The highest BCUT2D eigenvalue weighted by atomic mass is 16.7. The summed E-state index contributed by atoms with van der Waals surface area (Å²) in [6.45, 7) is 2.31. The first kappa shape index (κ1) is 14.0. The van der Waals surface area contributed by atoms with Gasteiger partial charge in [-0.2, -0.15) is 9.50 Å². The van der Waals surface area contributed by atoms with Crippen LogP contribution in [0.25, 0.3) is 28.4 Å². The number of aryl methyl sites for hydroxylation is 1. The average Bonchev–Trinajstić information content (AvgIpc) is 3.28. The van der Waals surface area contributed by atoms with Crippen LogP contribution in [0, 0.1) is 6.92 Å². The van der Waals surface area contributed by atoms with E-state index in [4.69, 9.17) is 9.47 Å². The van der Waals surface area contributed by atoms with Crippen molar-refractivity contribution in [2.24, 2.45) is 0 Å². The Morgan fingerprint density at radius 2 is 1.72 bits per heavy atom. The lowest BCUT2D eigenvalue weighted by atomic mass is 10.1. The number of hydrogen-bond donors (Lipinski definition) is 0. The smallest absolute Gasteiger partial charge is 0.253 e. The zero-order chi connectivity index (χ0) is 16.8. The van der Waals surface area contributed by atoms with Crippen molar-refractivity contribution in [1.82, 2.24) is 19.6 Å². The second kappa shape index (κ2) is 5.31. The molecule has 5 rings (SSSR count). The van der Waals surface area contributed by atoms with Gasteiger partial charge in [-0.15, -0.1) is 5.10 Å². The van der Waals surface area contributed by atoms with Gasteiger partial charge in [0.1, 0.15) is 0 Å². The van der Waals surface area contributed by atoms with E-state index in [1.165, 1.54) is 5.56 Å². The molecule has 0 unspecified atom stereocenters. The van der Waals surface area contributed by atoms with Crippen LogP contribution >= 0.6 is 0 Å². The lowest BCUT2D eigenvalue weighted by Gasteiger charge is -2.04. The van der Waals surface area contributed by atoms with Gasteiger partial charge in [-0.3, -0.25) is 0 Å². The van der Waals surface area contributed by atoms with E-state index in [1.54, 1.807) is 10.7 Å². The molecule has 0 bridgehead atoms. The fraction of sp³-hybridized carbons (Fsp3) is 0.105. The van der Waals surface area contributed by atoms with Gasteiger partial charge in [-0.05, 0) is 31.2 Å². The minimum Gasteiger partial charge on any atom is -0.454 e. The Morgan fingerprint density at radius 1 is 0.920 bits per heavy atom. The molecule has 1 aliphatic heterocycles. The molecule has 0 spiro atoms. The summed E-state index contributed by atoms with van der Waals surface area (Å²) in [5, 5.41) is 4.65. The standard InChI is InChI=1S/C19H14N4O2/c1-12-2-4-13(5-3-12)18-21-19-20-9-8-15(23(19)22-18)14-6-7-16-17(10-14)25-11-24-16/h2-10H,11H2,1H3. The maximum atomic E-state index is 5.48. The van der Waals surface area contributed by atoms with Crippen molar-refractivity contribution < 1.29 is 9.47 Å². The molecule has 0 saturated carbocycles. The van der Waals surface area contributed by atoms with Crippen LogP contribution in [-0.4, -0.2) is 26.4 Å². The monoisotopic (exact) mass is 330 g/mol. The largest absolute Gasteiger partial charge is 0.454 e. The maximum absolute atomic E-state index is 5.48. The van der Waals surface area contributed by atoms with Crippen LogP contribution in [0.15, 0.2) is 54.7 Å². The summed E-state index contributed by atoms with van der Waals surface area (Å²) in [6, 6.07) is 15.9. The third kappa shape index (κ3) is 2.30. The molecule has 0 saturated heterocycles. The lowest BCUT2D eigenvalue weighted by molar-refractivity contribution is 0.174. The molecule has 2 aromatic heterocycles. The zero-order valence-electron chi connectivity index (χ0n) is 13.5. The fourth-order valence-corrected chi connectivity index (χ4v) is 2.89. The number of hydrogen-bond acceptors (Lipinski definition) is 5. The number of benzene rings is 2. The van der Waals surface area contributed by atoms with E-state index in [0.29, 0.717) is 11.6 Å². The van der Waals surface area contributed by atoms with Gasteiger partial charge in [0, 0.05) is 17.3 Å². The quantitative estimate of drug-likeness (QED) is 0.563. The van der Waals surface area contributed by atoms with E-state index in [-0.39, 0.29) is 6.79 Å². The zero-order valence-corrected chi connectivity index (χ0v) is 13.5. The lowest BCUT2D eigenvalue weighted by Crippen LogP contribution is -1.96. The molecular formula is C19H14N4O2. The summed E-state index contributed by atoms with van der Waals surface area (Å²) in [5.74, 6) is 2.71. The van der Waals surface area contributed by atoms with Crippen molar-refractivity contribution in [1.29, 1.82) is 0 Å². The minimum absolute atomic E-state index is 0.255. The number of aromatic nitrogens is 4. The number of ether oxygens (including phenoxy) is 2. The Morgan fingerprint density at radius 3 is 2.60 bits per heavy atom. The summed E-state index contributed by atoms with van der Waals surface area (Å²) >= 11 is 0. The normalized spacial score (nSPS) is 12.7. The Labute approximate surface area is 143 Å². The van der Waals surface area contributed by atoms with Crippen molar-refractivity contribution >= 4 is 5.78 Å². The first-order valence-electron chi connectivity index (χ1n) is 7.97. The molecule has 0 N–H and O–H groups in total. The molecule has 6 nitrogen and oxygen atoms in total. The highest BCUT2D eigenvalue weighted by molar-refractivity contribution is 5.67.